The number of thioether (sulfide) groups is 1. The molecular formula is C27H28FN5OS. The molecule has 1 aliphatic rings. The van der Waals surface area contributed by atoms with Gasteiger partial charge in [-0.25, -0.2) is 4.39 Å². The number of halogens is 1. The average Bonchev–Trinajstić information content (AvgIpc) is 3.27. The standard InChI is InChI=1S/C27H28FN5OS/c1-19(26(34)29-24-11-7-9-20-8-3-4-10-23(20)24)35-27-31-30-25(18-32-16-5-2-6-17-32)33(27)22-14-12-21(28)13-15-22/h3-4,7-15,19H,2,5-6,16-18H2,1H3,(H,29,34). The molecule has 1 amide bonds. The molecule has 0 spiro atoms. The number of benzene rings is 3. The van der Waals surface area contributed by atoms with E-state index in [1.54, 1.807) is 12.1 Å². The second-order valence-electron chi connectivity index (χ2n) is 8.82. The highest BCUT2D eigenvalue weighted by Crippen LogP contribution is 2.29. The van der Waals surface area contributed by atoms with E-state index in [0.717, 1.165) is 41.1 Å². The molecule has 35 heavy (non-hydrogen) atoms. The molecular weight excluding hydrogens is 461 g/mol. The number of carbonyl (C=O) groups is 1. The van der Waals surface area contributed by atoms with Crippen molar-refractivity contribution in [2.24, 2.45) is 0 Å². The molecule has 1 unspecified atom stereocenters. The summed E-state index contributed by atoms with van der Waals surface area (Å²) in [5, 5.41) is 14.2. The predicted octanol–water partition coefficient (Wildman–Crippen LogP) is 5.66. The summed E-state index contributed by atoms with van der Waals surface area (Å²) in [5.74, 6) is 0.386. The topological polar surface area (TPSA) is 63.1 Å². The van der Waals surface area contributed by atoms with Crippen molar-refractivity contribution in [3.05, 3.63) is 78.4 Å². The van der Waals surface area contributed by atoms with Gasteiger partial charge in [0, 0.05) is 16.8 Å². The third kappa shape index (κ3) is 5.39. The number of piperidine rings is 1. The van der Waals surface area contributed by atoms with Crippen LogP contribution < -0.4 is 5.32 Å². The Morgan fingerprint density at radius 1 is 1.00 bits per heavy atom. The van der Waals surface area contributed by atoms with Gasteiger partial charge in [0.25, 0.3) is 0 Å². The number of hydrogen-bond donors (Lipinski definition) is 1. The molecule has 1 fully saturated rings. The lowest BCUT2D eigenvalue weighted by molar-refractivity contribution is -0.115. The van der Waals surface area contributed by atoms with Gasteiger partial charge in [-0.3, -0.25) is 14.3 Å². The van der Waals surface area contributed by atoms with E-state index >= 15 is 0 Å². The third-order valence-corrected chi connectivity index (χ3v) is 7.34. The highest BCUT2D eigenvalue weighted by Gasteiger charge is 2.23. The Morgan fingerprint density at radius 3 is 2.54 bits per heavy atom. The summed E-state index contributed by atoms with van der Waals surface area (Å²) in [7, 11) is 0. The fraction of sp³-hybridized carbons (Fsp3) is 0.296. The molecule has 3 aromatic carbocycles. The van der Waals surface area contributed by atoms with E-state index in [1.165, 1.54) is 43.2 Å². The van der Waals surface area contributed by atoms with Crippen LogP contribution in [-0.4, -0.2) is 43.9 Å². The quantitative estimate of drug-likeness (QED) is 0.339. The maximum absolute atomic E-state index is 13.6. The minimum Gasteiger partial charge on any atom is -0.325 e. The van der Waals surface area contributed by atoms with Crippen molar-refractivity contribution >= 4 is 34.1 Å². The first kappa shape index (κ1) is 23.5. The molecule has 0 bridgehead atoms. The number of nitrogens with one attached hydrogen (secondary N) is 1. The normalized spacial score (nSPS) is 15.3. The number of likely N-dealkylation sites (tertiary alicyclic amines) is 1. The number of anilines is 1. The lowest BCUT2D eigenvalue weighted by atomic mass is 10.1. The zero-order chi connectivity index (χ0) is 24.2. The summed E-state index contributed by atoms with van der Waals surface area (Å²) in [6.07, 6.45) is 3.61. The monoisotopic (exact) mass is 489 g/mol. The Labute approximate surface area is 208 Å². The van der Waals surface area contributed by atoms with Crippen LogP contribution in [0.4, 0.5) is 10.1 Å². The fourth-order valence-electron chi connectivity index (χ4n) is 4.43. The Balaban J connectivity index is 1.38. The number of aromatic nitrogens is 3. The van der Waals surface area contributed by atoms with E-state index in [9.17, 15) is 9.18 Å². The zero-order valence-corrected chi connectivity index (χ0v) is 20.5. The third-order valence-electron chi connectivity index (χ3n) is 6.30. The summed E-state index contributed by atoms with van der Waals surface area (Å²) in [6, 6.07) is 20.2. The highest BCUT2D eigenvalue weighted by atomic mass is 32.2. The number of hydrogen-bond acceptors (Lipinski definition) is 5. The first-order valence-electron chi connectivity index (χ1n) is 12.0. The molecule has 1 N–H and O–H groups in total. The van der Waals surface area contributed by atoms with Crippen LogP contribution in [-0.2, 0) is 11.3 Å². The van der Waals surface area contributed by atoms with Crippen LogP contribution in [0.3, 0.4) is 0 Å². The maximum atomic E-state index is 13.6. The summed E-state index contributed by atoms with van der Waals surface area (Å²) >= 11 is 1.35. The Morgan fingerprint density at radius 2 is 1.74 bits per heavy atom. The second-order valence-corrected chi connectivity index (χ2v) is 10.1. The van der Waals surface area contributed by atoms with Gasteiger partial charge in [0.1, 0.15) is 5.82 Å². The number of rotatable bonds is 7. The van der Waals surface area contributed by atoms with Crippen LogP contribution in [0.5, 0.6) is 0 Å². The van der Waals surface area contributed by atoms with E-state index in [4.69, 9.17) is 0 Å². The number of carbonyl (C=O) groups excluding carboxylic acids is 1. The lowest BCUT2D eigenvalue weighted by Gasteiger charge is -2.26. The van der Waals surface area contributed by atoms with Crippen molar-refractivity contribution in [2.45, 2.75) is 43.1 Å². The minimum absolute atomic E-state index is 0.113. The van der Waals surface area contributed by atoms with Gasteiger partial charge in [0.05, 0.1) is 11.8 Å². The van der Waals surface area contributed by atoms with E-state index in [0.29, 0.717) is 11.7 Å². The van der Waals surface area contributed by atoms with E-state index in [2.05, 4.69) is 20.4 Å². The predicted molar refractivity (Wildman–Crippen MR) is 138 cm³/mol. The van der Waals surface area contributed by atoms with E-state index in [1.807, 2.05) is 54.0 Å². The molecule has 0 radical (unpaired) electrons. The van der Waals surface area contributed by atoms with Crippen LogP contribution in [0.2, 0.25) is 0 Å². The van der Waals surface area contributed by atoms with Gasteiger partial charge in [0.15, 0.2) is 11.0 Å². The van der Waals surface area contributed by atoms with Crippen LogP contribution in [0.15, 0.2) is 71.9 Å². The molecule has 5 rings (SSSR count). The maximum Gasteiger partial charge on any atom is 0.237 e. The van der Waals surface area contributed by atoms with Gasteiger partial charge >= 0.3 is 0 Å². The van der Waals surface area contributed by atoms with Crippen molar-refractivity contribution in [2.75, 3.05) is 18.4 Å². The molecule has 4 aromatic rings. The molecule has 2 heterocycles. The minimum atomic E-state index is -0.416. The molecule has 1 atom stereocenters. The first-order valence-corrected chi connectivity index (χ1v) is 12.8. The fourth-order valence-corrected chi connectivity index (χ4v) is 5.31. The summed E-state index contributed by atoms with van der Waals surface area (Å²) in [6.45, 7) is 4.59. The lowest BCUT2D eigenvalue weighted by Crippen LogP contribution is -2.30. The molecule has 6 nitrogen and oxygen atoms in total. The molecule has 8 heteroatoms. The number of nitrogens with zero attached hydrogens (tertiary/aromatic N) is 4. The summed E-state index contributed by atoms with van der Waals surface area (Å²) in [4.78, 5) is 15.5. The summed E-state index contributed by atoms with van der Waals surface area (Å²) < 4.78 is 15.6. The summed E-state index contributed by atoms with van der Waals surface area (Å²) in [5.41, 5.74) is 1.57. The molecule has 180 valence electrons. The average molecular weight is 490 g/mol. The van der Waals surface area contributed by atoms with Crippen molar-refractivity contribution in [1.29, 1.82) is 0 Å². The van der Waals surface area contributed by atoms with Crippen LogP contribution in [0, 0.1) is 5.82 Å². The van der Waals surface area contributed by atoms with Crippen molar-refractivity contribution in [1.82, 2.24) is 19.7 Å². The van der Waals surface area contributed by atoms with Crippen LogP contribution >= 0.6 is 11.8 Å². The number of amides is 1. The van der Waals surface area contributed by atoms with Crippen molar-refractivity contribution in [3.8, 4) is 5.69 Å². The Kier molecular flexibility index (Phi) is 7.11. The number of fused-ring (bicyclic) bond motifs is 1. The van der Waals surface area contributed by atoms with Crippen LogP contribution in [0.25, 0.3) is 16.5 Å². The highest BCUT2D eigenvalue weighted by molar-refractivity contribution is 8.00. The molecule has 1 saturated heterocycles. The van der Waals surface area contributed by atoms with Gasteiger partial charge in [-0.1, -0.05) is 54.6 Å². The van der Waals surface area contributed by atoms with Gasteiger partial charge in [-0.2, -0.15) is 0 Å². The SMILES string of the molecule is CC(Sc1nnc(CN2CCCCC2)n1-c1ccc(F)cc1)C(=O)Nc1cccc2ccccc12. The molecule has 0 aliphatic carbocycles. The molecule has 1 aromatic heterocycles. The van der Waals surface area contributed by atoms with Gasteiger partial charge in [-0.15, -0.1) is 10.2 Å². The second kappa shape index (κ2) is 10.6. The molecule has 1 aliphatic heterocycles. The largest absolute Gasteiger partial charge is 0.325 e. The van der Waals surface area contributed by atoms with Crippen molar-refractivity contribution < 1.29 is 9.18 Å². The molecule has 0 saturated carbocycles. The van der Waals surface area contributed by atoms with Crippen molar-refractivity contribution in [3.63, 3.8) is 0 Å². The van der Waals surface area contributed by atoms with Gasteiger partial charge < -0.3 is 5.32 Å². The van der Waals surface area contributed by atoms with E-state index < -0.39 is 5.25 Å². The Hall–Kier alpha value is -3.23. The smallest absolute Gasteiger partial charge is 0.237 e. The first-order chi connectivity index (χ1) is 17.1. The van der Waals surface area contributed by atoms with E-state index in [-0.39, 0.29) is 11.7 Å². The van der Waals surface area contributed by atoms with Gasteiger partial charge in [-0.05, 0) is 68.6 Å². The van der Waals surface area contributed by atoms with Gasteiger partial charge in [0.2, 0.25) is 5.91 Å². The zero-order valence-electron chi connectivity index (χ0n) is 19.7. The Bertz CT molecular complexity index is 1310. The van der Waals surface area contributed by atoms with Crippen LogP contribution in [0.1, 0.15) is 32.0 Å².